The van der Waals surface area contributed by atoms with Gasteiger partial charge in [-0.2, -0.15) is 0 Å². The Balaban J connectivity index is 2.48. The number of hydrogen-bond acceptors (Lipinski definition) is 3. The molecule has 4 heteroatoms. The fraction of sp³-hybridized carbons (Fsp3) is 0.222. The summed E-state index contributed by atoms with van der Waals surface area (Å²) in [5, 5.41) is 10.7. The highest BCUT2D eigenvalue weighted by molar-refractivity contribution is 5.86. The van der Waals surface area contributed by atoms with Gasteiger partial charge in [0.2, 0.25) is 0 Å². The molecule has 1 aliphatic heterocycles. The van der Waals surface area contributed by atoms with Crippen LogP contribution in [0.15, 0.2) is 40.1 Å². The van der Waals surface area contributed by atoms with Gasteiger partial charge in [-0.15, -0.1) is 0 Å². The van der Waals surface area contributed by atoms with Crippen molar-refractivity contribution in [3.8, 4) is 0 Å². The summed E-state index contributed by atoms with van der Waals surface area (Å²) in [6, 6.07) is -0.720. The lowest BCUT2D eigenvalue weighted by Gasteiger charge is -2.11. The molecule has 1 unspecified atom stereocenters. The minimum Gasteiger partial charge on any atom is -0.264 e. The number of hydrogen-bond donors (Lipinski definition) is 0. The standard InChI is InChI=1S/C9H8N2O2/c1-6-5-10-7-3-2-4-8(9(6)7)11(12)13/h2-5,8H,1H3. The quantitative estimate of drug-likeness (QED) is 0.449. The largest absolute Gasteiger partial charge is 0.264 e. The van der Waals surface area contributed by atoms with E-state index in [0.717, 1.165) is 16.8 Å². The van der Waals surface area contributed by atoms with Crippen LogP contribution < -0.4 is 0 Å². The van der Waals surface area contributed by atoms with Crippen molar-refractivity contribution >= 4 is 6.21 Å². The van der Waals surface area contributed by atoms with Crippen molar-refractivity contribution in [2.75, 3.05) is 0 Å². The maximum Gasteiger partial charge on any atom is 0.259 e. The molecule has 0 bridgehead atoms. The van der Waals surface area contributed by atoms with Gasteiger partial charge in [-0.05, 0) is 24.6 Å². The average molecular weight is 176 g/mol. The molecule has 4 nitrogen and oxygen atoms in total. The smallest absolute Gasteiger partial charge is 0.259 e. The van der Waals surface area contributed by atoms with Gasteiger partial charge in [0, 0.05) is 11.1 Å². The summed E-state index contributed by atoms with van der Waals surface area (Å²) < 4.78 is 0. The van der Waals surface area contributed by atoms with Crippen LogP contribution in [0.2, 0.25) is 0 Å². The molecular weight excluding hydrogens is 168 g/mol. The van der Waals surface area contributed by atoms with E-state index in [1.54, 1.807) is 24.4 Å². The van der Waals surface area contributed by atoms with Crippen molar-refractivity contribution in [3.05, 3.63) is 45.2 Å². The molecule has 0 N–H and O–H groups in total. The van der Waals surface area contributed by atoms with Gasteiger partial charge >= 0.3 is 0 Å². The molecule has 2 rings (SSSR count). The maximum atomic E-state index is 10.7. The Morgan fingerprint density at radius 2 is 2.38 bits per heavy atom. The van der Waals surface area contributed by atoms with Gasteiger partial charge in [0.1, 0.15) is 0 Å². The fourth-order valence-electron chi connectivity index (χ4n) is 1.55. The lowest BCUT2D eigenvalue weighted by Crippen LogP contribution is -2.21. The first-order chi connectivity index (χ1) is 6.20. The van der Waals surface area contributed by atoms with E-state index in [1.165, 1.54) is 0 Å². The Hall–Kier alpha value is -1.71. The Labute approximate surface area is 75.1 Å². The maximum absolute atomic E-state index is 10.7. The highest BCUT2D eigenvalue weighted by Crippen LogP contribution is 2.29. The highest BCUT2D eigenvalue weighted by Gasteiger charge is 2.30. The van der Waals surface area contributed by atoms with E-state index in [0.29, 0.717) is 0 Å². The zero-order chi connectivity index (χ0) is 9.42. The Bertz CT molecular complexity index is 388. The minimum atomic E-state index is -0.720. The molecule has 66 valence electrons. The van der Waals surface area contributed by atoms with Crippen LogP contribution in [0.25, 0.3) is 0 Å². The van der Waals surface area contributed by atoms with Gasteiger partial charge in [0.05, 0.1) is 11.3 Å². The first-order valence-electron chi connectivity index (χ1n) is 3.97. The van der Waals surface area contributed by atoms with E-state index in [2.05, 4.69) is 4.99 Å². The van der Waals surface area contributed by atoms with Crippen molar-refractivity contribution < 1.29 is 4.92 Å². The van der Waals surface area contributed by atoms with Crippen LogP contribution in [0.3, 0.4) is 0 Å². The molecule has 0 fully saturated rings. The first kappa shape index (κ1) is 7.91. The minimum absolute atomic E-state index is 0.295. The molecule has 2 aliphatic rings. The molecule has 0 spiro atoms. The first-order valence-corrected chi connectivity index (χ1v) is 3.97. The van der Waals surface area contributed by atoms with Crippen LogP contribution in [-0.4, -0.2) is 17.2 Å². The zero-order valence-corrected chi connectivity index (χ0v) is 7.10. The van der Waals surface area contributed by atoms with Gasteiger partial charge in [0.25, 0.3) is 6.04 Å². The predicted octanol–water partition coefficient (Wildman–Crippen LogP) is 1.49. The summed E-state index contributed by atoms with van der Waals surface area (Å²) in [6.45, 7) is 1.84. The topological polar surface area (TPSA) is 55.5 Å². The SMILES string of the molecule is CC1=C2C(=CC=CC2[N+](=O)[O-])N=C1. The average Bonchev–Trinajstić information content (AvgIpc) is 2.48. The van der Waals surface area contributed by atoms with Crippen LogP contribution in [0.4, 0.5) is 0 Å². The zero-order valence-electron chi connectivity index (χ0n) is 7.10. The van der Waals surface area contributed by atoms with Gasteiger partial charge in [-0.25, -0.2) is 0 Å². The molecule has 0 radical (unpaired) electrons. The van der Waals surface area contributed by atoms with E-state index in [4.69, 9.17) is 0 Å². The highest BCUT2D eigenvalue weighted by atomic mass is 16.6. The Kier molecular flexibility index (Phi) is 1.62. The monoisotopic (exact) mass is 176 g/mol. The van der Waals surface area contributed by atoms with Crippen molar-refractivity contribution in [1.29, 1.82) is 0 Å². The molecule has 0 aromatic heterocycles. The van der Waals surface area contributed by atoms with Gasteiger partial charge in [-0.3, -0.25) is 15.1 Å². The van der Waals surface area contributed by atoms with Crippen LogP contribution in [0.1, 0.15) is 6.92 Å². The third-order valence-electron chi connectivity index (χ3n) is 2.17. The fourth-order valence-corrected chi connectivity index (χ4v) is 1.55. The molecule has 1 heterocycles. The molecule has 0 aromatic carbocycles. The number of aliphatic imine (C=N–C) groups is 1. The third kappa shape index (κ3) is 1.11. The molecule has 1 aliphatic carbocycles. The number of nitro groups is 1. The van der Waals surface area contributed by atoms with E-state index in [1.807, 2.05) is 6.92 Å². The van der Waals surface area contributed by atoms with E-state index < -0.39 is 6.04 Å². The van der Waals surface area contributed by atoms with E-state index >= 15 is 0 Å². The van der Waals surface area contributed by atoms with Crippen molar-refractivity contribution in [2.45, 2.75) is 13.0 Å². The summed E-state index contributed by atoms with van der Waals surface area (Å²) in [6.07, 6.45) is 6.73. The molecule has 0 amide bonds. The van der Waals surface area contributed by atoms with Gasteiger partial charge in [0.15, 0.2) is 0 Å². The predicted molar refractivity (Wildman–Crippen MR) is 49.2 cm³/mol. The van der Waals surface area contributed by atoms with Crippen LogP contribution in [-0.2, 0) is 0 Å². The van der Waals surface area contributed by atoms with Crippen LogP contribution in [0, 0.1) is 10.1 Å². The molecular formula is C9H8N2O2. The molecule has 0 aromatic rings. The Morgan fingerprint density at radius 3 is 3.08 bits per heavy atom. The van der Waals surface area contributed by atoms with Crippen molar-refractivity contribution in [2.24, 2.45) is 4.99 Å². The summed E-state index contributed by atoms with van der Waals surface area (Å²) in [5.41, 5.74) is 2.34. The third-order valence-corrected chi connectivity index (χ3v) is 2.17. The normalized spacial score (nSPS) is 24.7. The second-order valence-corrected chi connectivity index (χ2v) is 3.02. The molecule has 0 saturated carbocycles. The lowest BCUT2D eigenvalue weighted by atomic mass is 9.97. The summed E-state index contributed by atoms with van der Waals surface area (Å²) in [4.78, 5) is 14.5. The van der Waals surface area contributed by atoms with E-state index in [9.17, 15) is 10.1 Å². The Morgan fingerprint density at radius 1 is 1.62 bits per heavy atom. The van der Waals surface area contributed by atoms with Crippen molar-refractivity contribution in [3.63, 3.8) is 0 Å². The second-order valence-electron chi connectivity index (χ2n) is 3.02. The summed E-state index contributed by atoms with van der Waals surface area (Å²) >= 11 is 0. The molecule has 1 atom stereocenters. The van der Waals surface area contributed by atoms with Crippen LogP contribution >= 0.6 is 0 Å². The second kappa shape index (κ2) is 2.65. The van der Waals surface area contributed by atoms with Crippen molar-refractivity contribution in [1.82, 2.24) is 0 Å². The lowest BCUT2D eigenvalue weighted by molar-refractivity contribution is -0.499. The van der Waals surface area contributed by atoms with Gasteiger partial charge in [-0.1, -0.05) is 6.08 Å². The number of nitrogens with zero attached hydrogens (tertiary/aromatic N) is 2. The van der Waals surface area contributed by atoms with E-state index in [-0.39, 0.29) is 4.92 Å². The summed E-state index contributed by atoms with van der Waals surface area (Å²) in [7, 11) is 0. The number of fused-ring (bicyclic) bond motifs is 1. The number of rotatable bonds is 1. The van der Waals surface area contributed by atoms with Crippen LogP contribution in [0.5, 0.6) is 0 Å². The van der Waals surface area contributed by atoms with Gasteiger partial charge < -0.3 is 0 Å². The molecule has 0 saturated heterocycles. The number of allylic oxidation sites excluding steroid dienone is 3. The molecule has 13 heavy (non-hydrogen) atoms. The summed E-state index contributed by atoms with van der Waals surface area (Å²) in [5.74, 6) is 0.